The van der Waals surface area contributed by atoms with Gasteiger partial charge in [0.2, 0.25) is 5.95 Å². The molecule has 0 aromatic carbocycles. The van der Waals surface area contributed by atoms with Gasteiger partial charge in [0.05, 0.1) is 4.99 Å². The Morgan fingerprint density at radius 1 is 1.42 bits per heavy atom. The summed E-state index contributed by atoms with van der Waals surface area (Å²) in [6.07, 6.45) is 5.81. The van der Waals surface area contributed by atoms with E-state index in [1.165, 1.54) is 12.8 Å². The monoisotopic (exact) mass is 179 g/mol. The van der Waals surface area contributed by atoms with Crippen LogP contribution in [0.25, 0.3) is 0 Å². The lowest BCUT2D eigenvalue weighted by atomic mass is 10.4. The van der Waals surface area contributed by atoms with Crippen molar-refractivity contribution in [1.82, 2.24) is 9.97 Å². The Hall–Kier alpha value is -1.03. The van der Waals surface area contributed by atoms with Crippen LogP contribution in [0.1, 0.15) is 12.8 Å². The van der Waals surface area contributed by atoms with Gasteiger partial charge in [-0.2, -0.15) is 0 Å². The van der Waals surface area contributed by atoms with Gasteiger partial charge in [-0.25, -0.2) is 9.97 Å². The van der Waals surface area contributed by atoms with E-state index >= 15 is 0 Å². The van der Waals surface area contributed by atoms with Crippen molar-refractivity contribution in [3.8, 4) is 0 Å². The Morgan fingerprint density at radius 2 is 2.08 bits per heavy atom. The molecule has 12 heavy (non-hydrogen) atoms. The van der Waals surface area contributed by atoms with Gasteiger partial charge >= 0.3 is 0 Å². The van der Waals surface area contributed by atoms with E-state index in [9.17, 15) is 0 Å². The third-order valence-corrected chi connectivity index (χ3v) is 2.18. The molecule has 0 aliphatic heterocycles. The Labute approximate surface area is 76.2 Å². The standard InChI is InChI=1S/C8H9N3S/c12-7(6-2-3-6)11-8-9-4-1-5-10-8/h1,4-6H,2-3H2,(H,9,10,11,12). The van der Waals surface area contributed by atoms with Gasteiger partial charge in [-0.1, -0.05) is 12.2 Å². The first-order valence-electron chi connectivity index (χ1n) is 3.94. The molecular formula is C8H9N3S. The van der Waals surface area contributed by atoms with E-state index in [0.29, 0.717) is 11.9 Å². The summed E-state index contributed by atoms with van der Waals surface area (Å²) in [5.74, 6) is 1.18. The highest BCUT2D eigenvalue weighted by Crippen LogP contribution is 2.30. The van der Waals surface area contributed by atoms with Gasteiger partial charge in [0.1, 0.15) is 0 Å². The Bertz CT molecular complexity index is 282. The van der Waals surface area contributed by atoms with Crippen LogP contribution in [0.5, 0.6) is 0 Å². The number of aromatic nitrogens is 2. The number of anilines is 1. The van der Waals surface area contributed by atoms with Crippen LogP contribution >= 0.6 is 12.2 Å². The molecule has 1 saturated carbocycles. The van der Waals surface area contributed by atoms with Gasteiger partial charge < -0.3 is 5.32 Å². The van der Waals surface area contributed by atoms with E-state index in [-0.39, 0.29) is 0 Å². The lowest BCUT2D eigenvalue weighted by molar-refractivity contribution is 1.15. The largest absolute Gasteiger partial charge is 0.318 e. The topological polar surface area (TPSA) is 37.8 Å². The zero-order chi connectivity index (χ0) is 8.39. The predicted molar refractivity (Wildman–Crippen MR) is 51.0 cm³/mol. The molecule has 1 aliphatic rings. The normalized spacial score (nSPS) is 15.7. The molecule has 0 spiro atoms. The first kappa shape index (κ1) is 7.61. The molecule has 3 nitrogen and oxygen atoms in total. The Balaban J connectivity index is 1.98. The number of thiocarbonyl (C=S) groups is 1. The number of nitrogens with one attached hydrogen (secondary N) is 1. The summed E-state index contributed by atoms with van der Waals surface area (Å²) in [5, 5.41) is 3.01. The fourth-order valence-electron chi connectivity index (χ4n) is 0.921. The number of hydrogen-bond acceptors (Lipinski definition) is 3. The summed E-state index contributed by atoms with van der Waals surface area (Å²) in [5.41, 5.74) is 0. The van der Waals surface area contributed by atoms with E-state index in [1.807, 2.05) is 0 Å². The molecule has 0 atom stereocenters. The molecule has 0 unspecified atom stereocenters. The molecule has 0 amide bonds. The highest BCUT2D eigenvalue weighted by atomic mass is 32.1. The molecule has 1 fully saturated rings. The minimum Gasteiger partial charge on any atom is -0.318 e. The van der Waals surface area contributed by atoms with Crippen molar-refractivity contribution in [1.29, 1.82) is 0 Å². The molecule has 4 heteroatoms. The van der Waals surface area contributed by atoms with Crippen LogP contribution in [0.4, 0.5) is 5.95 Å². The lowest BCUT2D eigenvalue weighted by Crippen LogP contribution is -2.12. The zero-order valence-electron chi connectivity index (χ0n) is 6.53. The second-order valence-electron chi connectivity index (χ2n) is 2.84. The smallest absolute Gasteiger partial charge is 0.227 e. The molecule has 2 rings (SSSR count). The maximum Gasteiger partial charge on any atom is 0.227 e. The molecule has 0 radical (unpaired) electrons. The van der Waals surface area contributed by atoms with Crippen molar-refractivity contribution in [2.45, 2.75) is 12.8 Å². The SMILES string of the molecule is S=C(Nc1ncccn1)C1CC1. The molecule has 1 heterocycles. The second-order valence-corrected chi connectivity index (χ2v) is 3.28. The van der Waals surface area contributed by atoms with Gasteiger partial charge in [-0.3, -0.25) is 0 Å². The Kier molecular flexibility index (Phi) is 1.99. The van der Waals surface area contributed by atoms with E-state index in [1.54, 1.807) is 18.5 Å². The zero-order valence-corrected chi connectivity index (χ0v) is 7.34. The maximum atomic E-state index is 5.13. The lowest BCUT2D eigenvalue weighted by Gasteiger charge is -2.02. The molecule has 1 aromatic rings. The average Bonchev–Trinajstić information content (AvgIpc) is 2.88. The van der Waals surface area contributed by atoms with E-state index in [4.69, 9.17) is 12.2 Å². The van der Waals surface area contributed by atoms with Crippen molar-refractivity contribution < 1.29 is 0 Å². The minimum atomic E-state index is 0.573. The first-order chi connectivity index (χ1) is 5.86. The van der Waals surface area contributed by atoms with Crippen LogP contribution in [0.15, 0.2) is 18.5 Å². The van der Waals surface area contributed by atoms with Crippen molar-refractivity contribution >= 4 is 23.2 Å². The summed E-state index contributed by atoms with van der Waals surface area (Å²) >= 11 is 5.13. The summed E-state index contributed by atoms with van der Waals surface area (Å²) < 4.78 is 0. The quantitative estimate of drug-likeness (QED) is 0.700. The maximum absolute atomic E-state index is 5.13. The van der Waals surface area contributed by atoms with Gasteiger partial charge in [0.15, 0.2) is 0 Å². The fourth-order valence-corrected chi connectivity index (χ4v) is 1.25. The van der Waals surface area contributed by atoms with Crippen LogP contribution in [0, 0.1) is 5.92 Å². The van der Waals surface area contributed by atoms with Crippen LogP contribution in [-0.4, -0.2) is 15.0 Å². The third kappa shape index (κ3) is 1.76. The molecule has 62 valence electrons. The minimum absolute atomic E-state index is 0.573. The molecule has 1 N–H and O–H groups in total. The molecular weight excluding hydrogens is 170 g/mol. The van der Waals surface area contributed by atoms with Gasteiger partial charge in [0.25, 0.3) is 0 Å². The van der Waals surface area contributed by atoms with Gasteiger partial charge in [-0.15, -0.1) is 0 Å². The van der Waals surface area contributed by atoms with Crippen molar-refractivity contribution in [2.75, 3.05) is 5.32 Å². The number of nitrogens with zero attached hydrogens (tertiary/aromatic N) is 2. The van der Waals surface area contributed by atoms with Crippen molar-refractivity contribution in [3.05, 3.63) is 18.5 Å². The van der Waals surface area contributed by atoms with E-state index in [2.05, 4.69) is 15.3 Å². The molecule has 1 aliphatic carbocycles. The summed E-state index contributed by atoms with van der Waals surface area (Å²) in [7, 11) is 0. The van der Waals surface area contributed by atoms with E-state index in [0.717, 1.165) is 4.99 Å². The summed E-state index contributed by atoms with van der Waals surface area (Å²) in [4.78, 5) is 8.91. The van der Waals surface area contributed by atoms with Crippen molar-refractivity contribution in [3.63, 3.8) is 0 Å². The average molecular weight is 179 g/mol. The fraction of sp³-hybridized carbons (Fsp3) is 0.375. The van der Waals surface area contributed by atoms with Crippen LogP contribution in [0.2, 0.25) is 0 Å². The number of rotatable bonds is 2. The third-order valence-electron chi connectivity index (χ3n) is 1.75. The van der Waals surface area contributed by atoms with E-state index < -0.39 is 0 Å². The highest BCUT2D eigenvalue weighted by molar-refractivity contribution is 7.80. The van der Waals surface area contributed by atoms with Crippen molar-refractivity contribution in [2.24, 2.45) is 5.92 Å². The van der Waals surface area contributed by atoms with Crippen LogP contribution in [-0.2, 0) is 0 Å². The first-order valence-corrected chi connectivity index (χ1v) is 4.35. The summed E-state index contributed by atoms with van der Waals surface area (Å²) in [6.45, 7) is 0. The van der Waals surface area contributed by atoms with Gasteiger partial charge in [0, 0.05) is 18.3 Å². The highest BCUT2D eigenvalue weighted by Gasteiger charge is 2.26. The molecule has 1 aromatic heterocycles. The molecule has 0 bridgehead atoms. The molecule has 0 saturated heterocycles. The van der Waals surface area contributed by atoms with Crippen LogP contribution < -0.4 is 5.32 Å². The van der Waals surface area contributed by atoms with Crippen LogP contribution in [0.3, 0.4) is 0 Å². The number of hydrogen-bond donors (Lipinski definition) is 1. The second kappa shape index (κ2) is 3.15. The van der Waals surface area contributed by atoms with Gasteiger partial charge in [-0.05, 0) is 18.9 Å². The summed E-state index contributed by atoms with van der Waals surface area (Å²) in [6, 6.07) is 1.78. The Morgan fingerprint density at radius 3 is 2.67 bits per heavy atom. The predicted octanol–water partition coefficient (Wildman–Crippen LogP) is 1.63.